The Morgan fingerprint density at radius 1 is 0.955 bits per heavy atom. The summed E-state index contributed by atoms with van der Waals surface area (Å²) in [5.74, 6) is 6.25. The van der Waals surface area contributed by atoms with Gasteiger partial charge in [-0.2, -0.15) is 0 Å². The lowest BCUT2D eigenvalue weighted by Gasteiger charge is -2.42. The van der Waals surface area contributed by atoms with Crippen LogP contribution in [0.3, 0.4) is 0 Å². The standard InChI is InChI=1S/C19H17NO2/c21-18(22)20-19(13-4-14-19)17-11-9-16(10-12-17)8-7-15-5-2-1-3-6-15/h1-3,5-6,9-12,20H,4,13-14H2,(H,21,22). The fourth-order valence-electron chi connectivity index (χ4n) is 2.76. The van der Waals surface area contributed by atoms with E-state index >= 15 is 0 Å². The molecule has 0 aromatic heterocycles. The molecular weight excluding hydrogens is 274 g/mol. The van der Waals surface area contributed by atoms with Crippen molar-refractivity contribution in [1.29, 1.82) is 0 Å². The molecule has 0 aliphatic heterocycles. The molecule has 0 bridgehead atoms. The van der Waals surface area contributed by atoms with Crippen LogP contribution in [0.15, 0.2) is 54.6 Å². The third-order valence-corrected chi connectivity index (χ3v) is 4.12. The van der Waals surface area contributed by atoms with Gasteiger partial charge in [0.1, 0.15) is 0 Å². The SMILES string of the molecule is O=C(O)NC1(c2ccc(C#Cc3ccccc3)cc2)CCC1. The predicted octanol–water partition coefficient (Wildman–Crippen LogP) is 3.73. The van der Waals surface area contributed by atoms with Gasteiger partial charge in [0, 0.05) is 11.1 Å². The van der Waals surface area contributed by atoms with Crippen LogP contribution in [0.25, 0.3) is 0 Å². The molecule has 1 amide bonds. The molecule has 110 valence electrons. The van der Waals surface area contributed by atoms with Crippen molar-refractivity contribution < 1.29 is 9.90 Å². The third-order valence-electron chi connectivity index (χ3n) is 4.12. The molecule has 1 fully saturated rings. The molecule has 3 heteroatoms. The maximum absolute atomic E-state index is 11.0. The monoisotopic (exact) mass is 291 g/mol. The van der Waals surface area contributed by atoms with Gasteiger partial charge in [-0.3, -0.25) is 0 Å². The maximum Gasteiger partial charge on any atom is 0.405 e. The van der Waals surface area contributed by atoms with Crippen molar-refractivity contribution in [3.8, 4) is 11.8 Å². The first-order chi connectivity index (χ1) is 10.7. The molecule has 0 atom stereocenters. The minimum atomic E-state index is -0.965. The molecule has 0 spiro atoms. The number of hydrogen-bond acceptors (Lipinski definition) is 1. The van der Waals surface area contributed by atoms with E-state index in [9.17, 15) is 4.79 Å². The van der Waals surface area contributed by atoms with Crippen LogP contribution >= 0.6 is 0 Å². The zero-order valence-corrected chi connectivity index (χ0v) is 12.2. The fourth-order valence-corrected chi connectivity index (χ4v) is 2.76. The Hall–Kier alpha value is -2.73. The summed E-state index contributed by atoms with van der Waals surface area (Å²) in [5, 5.41) is 11.7. The fraction of sp³-hybridized carbons (Fsp3) is 0.211. The lowest BCUT2D eigenvalue weighted by Crippen LogP contribution is -2.50. The summed E-state index contributed by atoms with van der Waals surface area (Å²) in [4.78, 5) is 11.0. The number of rotatable bonds is 2. The number of benzene rings is 2. The first-order valence-electron chi connectivity index (χ1n) is 7.37. The molecular formula is C19H17NO2. The van der Waals surface area contributed by atoms with Gasteiger partial charge in [-0.15, -0.1) is 0 Å². The smallest absolute Gasteiger partial charge is 0.405 e. The van der Waals surface area contributed by atoms with Crippen molar-refractivity contribution in [2.24, 2.45) is 0 Å². The average Bonchev–Trinajstić information content (AvgIpc) is 2.50. The molecule has 1 aliphatic carbocycles. The zero-order valence-electron chi connectivity index (χ0n) is 12.2. The van der Waals surface area contributed by atoms with Gasteiger partial charge in [-0.05, 0) is 49.1 Å². The van der Waals surface area contributed by atoms with Gasteiger partial charge < -0.3 is 10.4 Å². The highest BCUT2D eigenvalue weighted by atomic mass is 16.4. The van der Waals surface area contributed by atoms with Gasteiger partial charge in [-0.25, -0.2) is 4.79 Å². The van der Waals surface area contributed by atoms with Crippen LogP contribution in [0.2, 0.25) is 0 Å². The Morgan fingerprint density at radius 2 is 1.55 bits per heavy atom. The van der Waals surface area contributed by atoms with E-state index in [1.165, 1.54) is 0 Å². The van der Waals surface area contributed by atoms with Crippen LogP contribution in [0, 0.1) is 11.8 Å². The van der Waals surface area contributed by atoms with E-state index in [1.807, 2.05) is 54.6 Å². The van der Waals surface area contributed by atoms with Crippen molar-refractivity contribution >= 4 is 6.09 Å². The summed E-state index contributed by atoms with van der Waals surface area (Å²) >= 11 is 0. The first-order valence-corrected chi connectivity index (χ1v) is 7.37. The van der Waals surface area contributed by atoms with Crippen molar-refractivity contribution in [2.45, 2.75) is 24.8 Å². The normalized spacial score (nSPS) is 15.1. The Morgan fingerprint density at radius 3 is 2.05 bits per heavy atom. The highest BCUT2D eigenvalue weighted by Crippen LogP contribution is 2.41. The van der Waals surface area contributed by atoms with Crippen molar-refractivity contribution in [2.75, 3.05) is 0 Å². The molecule has 1 aliphatic rings. The van der Waals surface area contributed by atoms with Gasteiger partial charge in [0.2, 0.25) is 0 Å². The van der Waals surface area contributed by atoms with Gasteiger partial charge in [-0.1, -0.05) is 42.2 Å². The van der Waals surface area contributed by atoms with Crippen LogP contribution in [0.4, 0.5) is 4.79 Å². The van der Waals surface area contributed by atoms with Crippen molar-refractivity contribution in [1.82, 2.24) is 5.32 Å². The lowest BCUT2D eigenvalue weighted by atomic mass is 9.72. The second kappa shape index (κ2) is 5.95. The first kappa shape index (κ1) is 14.2. The molecule has 0 saturated heterocycles. The van der Waals surface area contributed by atoms with Gasteiger partial charge in [0.05, 0.1) is 5.54 Å². The van der Waals surface area contributed by atoms with E-state index in [0.29, 0.717) is 0 Å². The summed E-state index contributed by atoms with van der Waals surface area (Å²) in [6, 6.07) is 17.7. The summed E-state index contributed by atoms with van der Waals surface area (Å²) in [6.07, 6.45) is 1.80. The quantitative estimate of drug-likeness (QED) is 0.828. The van der Waals surface area contributed by atoms with Crippen molar-refractivity contribution in [3.05, 3.63) is 71.3 Å². The topological polar surface area (TPSA) is 49.3 Å². The molecule has 3 nitrogen and oxygen atoms in total. The summed E-state index contributed by atoms with van der Waals surface area (Å²) in [7, 11) is 0. The van der Waals surface area contributed by atoms with Gasteiger partial charge in [0.15, 0.2) is 0 Å². The molecule has 2 N–H and O–H groups in total. The van der Waals surface area contributed by atoms with Crippen LogP contribution < -0.4 is 5.32 Å². The van der Waals surface area contributed by atoms with Crippen LogP contribution in [0.5, 0.6) is 0 Å². The highest BCUT2D eigenvalue weighted by Gasteiger charge is 2.39. The minimum absolute atomic E-state index is 0.406. The van der Waals surface area contributed by atoms with Crippen LogP contribution in [-0.4, -0.2) is 11.2 Å². The zero-order chi connectivity index (χ0) is 15.4. The number of hydrogen-bond donors (Lipinski definition) is 2. The Balaban J connectivity index is 1.79. The number of carbonyl (C=O) groups is 1. The molecule has 0 unspecified atom stereocenters. The van der Waals surface area contributed by atoms with E-state index in [0.717, 1.165) is 36.0 Å². The van der Waals surface area contributed by atoms with Crippen LogP contribution in [0.1, 0.15) is 36.0 Å². The summed E-state index contributed by atoms with van der Waals surface area (Å²) < 4.78 is 0. The third kappa shape index (κ3) is 2.96. The second-order valence-corrected chi connectivity index (χ2v) is 5.56. The molecule has 3 rings (SSSR count). The average molecular weight is 291 g/mol. The lowest BCUT2D eigenvalue weighted by molar-refractivity contribution is 0.144. The van der Waals surface area contributed by atoms with E-state index in [-0.39, 0.29) is 0 Å². The predicted molar refractivity (Wildman–Crippen MR) is 85.6 cm³/mol. The van der Waals surface area contributed by atoms with E-state index in [2.05, 4.69) is 17.2 Å². The number of amides is 1. The van der Waals surface area contributed by atoms with Gasteiger partial charge >= 0.3 is 6.09 Å². The van der Waals surface area contributed by atoms with Crippen LogP contribution in [-0.2, 0) is 5.54 Å². The van der Waals surface area contributed by atoms with E-state index in [1.54, 1.807) is 0 Å². The largest absolute Gasteiger partial charge is 0.465 e. The minimum Gasteiger partial charge on any atom is -0.465 e. The van der Waals surface area contributed by atoms with Gasteiger partial charge in [0.25, 0.3) is 0 Å². The Kier molecular flexibility index (Phi) is 3.84. The number of nitrogens with one attached hydrogen (secondary N) is 1. The summed E-state index contributed by atoms with van der Waals surface area (Å²) in [5.41, 5.74) is 2.52. The molecule has 0 radical (unpaired) electrons. The molecule has 2 aromatic carbocycles. The maximum atomic E-state index is 11.0. The molecule has 22 heavy (non-hydrogen) atoms. The van der Waals surface area contributed by atoms with E-state index < -0.39 is 11.6 Å². The molecule has 1 saturated carbocycles. The molecule has 2 aromatic rings. The Labute approximate surface area is 130 Å². The summed E-state index contributed by atoms with van der Waals surface area (Å²) in [6.45, 7) is 0. The molecule has 0 heterocycles. The second-order valence-electron chi connectivity index (χ2n) is 5.56. The van der Waals surface area contributed by atoms with Crippen molar-refractivity contribution in [3.63, 3.8) is 0 Å². The Bertz CT molecular complexity index is 720. The number of carboxylic acid groups (broad SMARTS) is 1. The van der Waals surface area contributed by atoms with E-state index in [4.69, 9.17) is 5.11 Å². The highest BCUT2D eigenvalue weighted by molar-refractivity contribution is 5.66.